The van der Waals surface area contributed by atoms with Crippen LogP contribution in [0.15, 0.2) is 24.3 Å². The number of benzene rings is 1. The van der Waals surface area contributed by atoms with Crippen LogP contribution in [0.25, 0.3) is 0 Å². The lowest BCUT2D eigenvalue weighted by Crippen LogP contribution is -2.55. The van der Waals surface area contributed by atoms with Gasteiger partial charge < -0.3 is 19.9 Å². The van der Waals surface area contributed by atoms with Gasteiger partial charge in [0.2, 0.25) is 5.91 Å². The Kier molecular flexibility index (Phi) is 5.44. The van der Waals surface area contributed by atoms with E-state index in [2.05, 4.69) is 27.2 Å². The zero-order chi connectivity index (χ0) is 19.7. The maximum atomic E-state index is 12.6. The van der Waals surface area contributed by atoms with Crippen LogP contribution in [0.1, 0.15) is 31.7 Å². The second kappa shape index (κ2) is 7.99. The van der Waals surface area contributed by atoms with E-state index in [4.69, 9.17) is 4.74 Å². The molecule has 7 heteroatoms. The van der Waals surface area contributed by atoms with Gasteiger partial charge in [-0.2, -0.15) is 0 Å². The Bertz CT molecular complexity index is 715. The highest BCUT2D eigenvalue weighted by Gasteiger charge is 2.46. The van der Waals surface area contributed by atoms with Crippen LogP contribution in [-0.4, -0.2) is 78.1 Å². The Morgan fingerprint density at radius 3 is 2.50 bits per heavy atom. The molecule has 0 spiro atoms. The highest BCUT2D eigenvalue weighted by molar-refractivity contribution is 5.79. The molecule has 3 aliphatic rings. The van der Waals surface area contributed by atoms with Gasteiger partial charge in [0.25, 0.3) is 0 Å². The molecule has 3 aliphatic heterocycles. The Morgan fingerprint density at radius 1 is 1.14 bits per heavy atom. The van der Waals surface area contributed by atoms with Crippen molar-refractivity contribution < 1.29 is 14.3 Å². The number of nitrogens with one attached hydrogen (secondary N) is 1. The third kappa shape index (κ3) is 3.81. The Balaban J connectivity index is 1.32. The standard InChI is InChI=1S/C21H30N4O3/c1-15(26)24-12-9-20-19(14-24)22-21(27)25(20)17-7-10-23(11-8-17)13-16-3-5-18(28-2)6-4-16/h3-6,17,19-20H,7-14H2,1-2H3,(H,22,27). The summed E-state index contributed by atoms with van der Waals surface area (Å²) < 4.78 is 5.22. The molecule has 0 aliphatic carbocycles. The molecule has 3 fully saturated rings. The van der Waals surface area contributed by atoms with E-state index in [0.29, 0.717) is 12.6 Å². The van der Waals surface area contributed by atoms with Gasteiger partial charge in [-0.3, -0.25) is 9.69 Å². The summed E-state index contributed by atoms with van der Waals surface area (Å²) in [6.45, 7) is 5.92. The van der Waals surface area contributed by atoms with Crippen LogP contribution < -0.4 is 10.1 Å². The van der Waals surface area contributed by atoms with E-state index in [0.717, 1.165) is 51.2 Å². The van der Waals surface area contributed by atoms with Gasteiger partial charge in [0.1, 0.15) is 5.75 Å². The van der Waals surface area contributed by atoms with E-state index in [1.165, 1.54) is 5.56 Å². The molecule has 1 aromatic carbocycles. The molecule has 1 N–H and O–H groups in total. The van der Waals surface area contributed by atoms with Crippen LogP contribution in [-0.2, 0) is 11.3 Å². The Morgan fingerprint density at radius 2 is 1.86 bits per heavy atom. The number of carbonyl (C=O) groups is 2. The van der Waals surface area contributed by atoms with Gasteiger partial charge in [-0.1, -0.05) is 12.1 Å². The number of methoxy groups -OCH3 is 1. The summed E-state index contributed by atoms with van der Waals surface area (Å²) in [7, 11) is 1.68. The first-order chi connectivity index (χ1) is 13.5. The molecule has 2 unspecified atom stereocenters. The lowest BCUT2D eigenvalue weighted by atomic mass is 9.95. The fraction of sp³-hybridized carbons (Fsp3) is 0.619. The summed E-state index contributed by atoms with van der Waals surface area (Å²) in [4.78, 5) is 30.7. The number of amides is 3. The quantitative estimate of drug-likeness (QED) is 0.855. The summed E-state index contributed by atoms with van der Waals surface area (Å²) in [6, 6.07) is 8.89. The largest absolute Gasteiger partial charge is 0.497 e. The van der Waals surface area contributed by atoms with Gasteiger partial charge in [0, 0.05) is 45.7 Å². The number of fused-ring (bicyclic) bond motifs is 1. The monoisotopic (exact) mass is 386 g/mol. The molecule has 28 heavy (non-hydrogen) atoms. The van der Waals surface area contributed by atoms with Crippen LogP contribution in [0.3, 0.4) is 0 Å². The smallest absolute Gasteiger partial charge is 0.318 e. The molecular formula is C21H30N4O3. The third-order valence-corrected chi connectivity index (χ3v) is 6.44. The molecule has 3 saturated heterocycles. The molecule has 2 atom stereocenters. The molecular weight excluding hydrogens is 356 g/mol. The predicted molar refractivity (Wildman–Crippen MR) is 106 cm³/mol. The number of likely N-dealkylation sites (tertiary alicyclic amines) is 2. The van der Waals surface area contributed by atoms with Gasteiger partial charge in [-0.15, -0.1) is 0 Å². The molecule has 152 valence electrons. The highest BCUT2D eigenvalue weighted by atomic mass is 16.5. The van der Waals surface area contributed by atoms with E-state index in [1.54, 1.807) is 14.0 Å². The molecule has 0 radical (unpaired) electrons. The molecule has 7 nitrogen and oxygen atoms in total. The van der Waals surface area contributed by atoms with Gasteiger partial charge in [0.15, 0.2) is 0 Å². The summed E-state index contributed by atoms with van der Waals surface area (Å²) in [5, 5.41) is 3.12. The zero-order valence-corrected chi connectivity index (χ0v) is 16.8. The topological polar surface area (TPSA) is 65.1 Å². The van der Waals surface area contributed by atoms with Crippen molar-refractivity contribution in [2.75, 3.05) is 33.3 Å². The number of hydrogen-bond acceptors (Lipinski definition) is 4. The minimum absolute atomic E-state index is 0.0500. The summed E-state index contributed by atoms with van der Waals surface area (Å²) in [5.41, 5.74) is 1.29. The van der Waals surface area contributed by atoms with Crippen LogP contribution in [0.5, 0.6) is 5.75 Å². The molecule has 0 aromatic heterocycles. The van der Waals surface area contributed by atoms with E-state index >= 15 is 0 Å². The van der Waals surface area contributed by atoms with E-state index < -0.39 is 0 Å². The van der Waals surface area contributed by atoms with Crippen molar-refractivity contribution in [1.29, 1.82) is 0 Å². The van der Waals surface area contributed by atoms with Gasteiger partial charge in [-0.25, -0.2) is 4.79 Å². The number of rotatable bonds is 4. The lowest BCUT2D eigenvalue weighted by molar-refractivity contribution is -0.130. The molecule has 4 rings (SSSR count). The number of urea groups is 1. The predicted octanol–water partition coefficient (Wildman–Crippen LogP) is 1.67. The fourth-order valence-electron chi connectivity index (χ4n) is 4.87. The normalized spacial score (nSPS) is 26.1. The van der Waals surface area contributed by atoms with Crippen molar-refractivity contribution in [2.45, 2.75) is 50.9 Å². The first kappa shape index (κ1) is 19.1. The minimum Gasteiger partial charge on any atom is -0.497 e. The summed E-state index contributed by atoms with van der Waals surface area (Å²) in [5.74, 6) is 0.978. The van der Waals surface area contributed by atoms with Crippen molar-refractivity contribution in [3.05, 3.63) is 29.8 Å². The SMILES string of the molecule is COc1ccc(CN2CCC(N3C(=O)NC4CN(C(C)=O)CCC43)CC2)cc1. The summed E-state index contributed by atoms with van der Waals surface area (Å²) >= 11 is 0. The second-order valence-electron chi connectivity index (χ2n) is 8.14. The van der Waals surface area contributed by atoms with Gasteiger partial charge in [-0.05, 0) is 37.0 Å². The van der Waals surface area contributed by atoms with E-state index in [-0.39, 0.29) is 24.0 Å². The van der Waals surface area contributed by atoms with Crippen molar-refractivity contribution >= 4 is 11.9 Å². The van der Waals surface area contributed by atoms with Crippen molar-refractivity contribution in [2.24, 2.45) is 0 Å². The van der Waals surface area contributed by atoms with E-state index in [9.17, 15) is 9.59 Å². The first-order valence-corrected chi connectivity index (χ1v) is 10.2. The van der Waals surface area contributed by atoms with E-state index in [1.807, 2.05) is 17.0 Å². The average molecular weight is 386 g/mol. The molecule has 0 bridgehead atoms. The summed E-state index contributed by atoms with van der Waals surface area (Å²) in [6.07, 6.45) is 2.88. The van der Waals surface area contributed by atoms with Crippen molar-refractivity contribution in [3.63, 3.8) is 0 Å². The maximum absolute atomic E-state index is 12.6. The van der Waals surface area contributed by atoms with Crippen LogP contribution in [0.2, 0.25) is 0 Å². The van der Waals surface area contributed by atoms with Crippen LogP contribution >= 0.6 is 0 Å². The average Bonchev–Trinajstić information content (AvgIpc) is 3.04. The Labute approximate surface area is 166 Å². The van der Waals surface area contributed by atoms with Crippen molar-refractivity contribution in [3.8, 4) is 5.75 Å². The lowest BCUT2D eigenvalue weighted by Gasteiger charge is -2.42. The highest BCUT2D eigenvalue weighted by Crippen LogP contribution is 2.29. The zero-order valence-electron chi connectivity index (χ0n) is 16.8. The van der Waals surface area contributed by atoms with Gasteiger partial charge in [0.05, 0.1) is 19.2 Å². The molecule has 3 heterocycles. The fourth-order valence-corrected chi connectivity index (χ4v) is 4.87. The number of piperidine rings is 2. The van der Waals surface area contributed by atoms with Crippen molar-refractivity contribution in [1.82, 2.24) is 20.0 Å². The Hall–Kier alpha value is -2.28. The number of ether oxygens (including phenoxy) is 1. The van der Waals surface area contributed by atoms with Crippen LogP contribution in [0.4, 0.5) is 4.79 Å². The second-order valence-corrected chi connectivity index (χ2v) is 8.14. The molecule has 3 amide bonds. The number of nitrogens with zero attached hydrogens (tertiary/aromatic N) is 3. The number of carbonyl (C=O) groups excluding carboxylic acids is 2. The minimum atomic E-state index is 0.0500. The first-order valence-electron chi connectivity index (χ1n) is 10.2. The van der Waals surface area contributed by atoms with Gasteiger partial charge >= 0.3 is 6.03 Å². The molecule has 0 saturated carbocycles. The third-order valence-electron chi connectivity index (χ3n) is 6.44. The number of hydrogen-bond donors (Lipinski definition) is 1. The molecule has 1 aromatic rings. The van der Waals surface area contributed by atoms with Crippen LogP contribution in [0, 0.1) is 0 Å². The maximum Gasteiger partial charge on any atom is 0.318 e.